The van der Waals surface area contributed by atoms with Crippen LogP contribution in [0.5, 0.6) is 0 Å². The van der Waals surface area contributed by atoms with Gasteiger partial charge in [-0.1, -0.05) is 15.9 Å². The van der Waals surface area contributed by atoms with Crippen LogP contribution in [0, 0.1) is 5.92 Å². The van der Waals surface area contributed by atoms with Crippen molar-refractivity contribution < 1.29 is 19.5 Å². The maximum absolute atomic E-state index is 11.9. The van der Waals surface area contributed by atoms with E-state index in [1.807, 2.05) is 0 Å². The minimum absolute atomic E-state index is 0.00818. The predicted molar refractivity (Wildman–Crippen MR) is 70.8 cm³/mol. The molecule has 2 amide bonds. The van der Waals surface area contributed by atoms with Crippen LogP contribution in [0.3, 0.4) is 0 Å². The van der Waals surface area contributed by atoms with Gasteiger partial charge in [0.05, 0.1) is 17.2 Å². The first kappa shape index (κ1) is 13.5. The smallest absolute Gasteiger partial charge is 0.337 e. The molecule has 2 rings (SSSR count). The molecule has 19 heavy (non-hydrogen) atoms. The monoisotopic (exact) mass is 326 g/mol. The van der Waals surface area contributed by atoms with E-state index in [2.05, 4.69) is 26.6 Å². The third kappa shape index (κ3) is 3.11. The van der Waals surface area contributed by atoms with Gasteiger partial charge in [-0.2, -0.15) is 0 Å². The first-order chi connectivity index (χ1) is 8.97. The Bertz CT molecular complexity index is 559. The summed E-state index contributed by atoms with van der Waals surface area (Å²) in [5, 5.41) is 14.2. The topological polar surface area (TPSA) is 95.5 Å². The molecule has 1 heterocycles. The van der Waals surface area contributed by atoms with Crippen LogP contribution in [0.1, 0.15) is 16.8 Å². The maximum atomic E-state index is 11.9. The second-order valence-electron chi connectivity index (χ2n) is 4.19. The summed E-state index contributed by atoms with van der Waals surface area (Å²) in [6.07, 6.45) is 0.127. The van der Waals surface area contributed by atoms with Crippen molar-refractivity contribution in [3.8, 4) is 0 Å². The number of carbonyl (C=O) groups is 3. The lowest BCUT2D eigenvalue weighted by atomic mass is 10.1. The van der Waals surface area contributed by atoms with Gasteiger partial charge in [0.2, 0.25) is 11.8 Å². The third-order valence-corrected chi connectivity index (χ3v) is 3.31. The standard InChI is InChI=1S/C12H11BrN2O4/c13-7-1-2-8(12(18)19)9(4-7)15-11(17)6-3-10(16)14-5-6/h1-2,4,6H,3,5H2,(H,14,16)(H,15,17)(H,18,19). The van der Waals surface area contributed by atoms with Gasteiger partial charge in [-0.25, -0.2) is 4.79 Å². The Morgan fingerprint density at radius 2 is 2.16 bits per heavy atom. The number of nitrogens with one attached hydrogen (secondary N) is 2. The second kappa shape index (κ2) is 5.40. The van der Waals surface area contributed by atoms with E-state index in [9.17, 15) is 14.4 Å². The molecule has 100 valence electrons. The van der Waals surface area contributed by atoms with Gasteiger partial charge in [-0.15, -0.1) is 0 Å². The summed E-state index contributed by atoms with van der Waals surface area (Å²) in [5.74, 6) is -2.12. The minimum Gasteiger partial charge on any atom is -0.478 e. The molecule has 7 heteroatoms. The molecule has 1 aromatic carbocycles. The molecule has 0 spiro atoms. The largest absolute Gasteiger partial charge is 0.478 e. The van der Waals surface area contributed by atoms with Crippen molar-refractivity contribution in [1.82, 2.24) is 5.32 Å². The predicted octanol–water partition coefficient (Wildman–Crippen LogP) is 1.22. The molecule has 1 aliphatic heterocycles. The van der Waals surface area contributed by atoms with Gasteiger partial charge in [-0.05, 0) is 18.2 Å². The number of amides is 2. The normalized spacial score (nSPS) is 17.9. The van der Waals surface area contributed by atoms with Crippen molar-refractivity contribution in [2.45, 2.75) is 6.42 Å². The van der Waals surface area contributed by atoms with Crippen molar-refractivity contribution in [2.75, 3.05) is 11.9 Å². The average molecular weight is 327 g/mol. The highest BCUT2D eigenvalue weighted by Gasteiger charge is 2.28. The second-order valence-corrected chi connectivity index (χ2v) is 5.11. The van der Waals surface area contributed by atoms with E-state index >= 15 is 0 Å². The number of carbonyl (C=O) groups excluding carboxylic acids is 2. The first-order valence-corrected chi connectivity index (χ1v) is 6.37. The Balaban J connectivity index is 2.18. The van der Waals surface area contributed by atoms with Crippen molar-refractivity contribution >= 4 is 39.4 Å². The number of rotatable bonds is 3. The zero-order chi connectivity index (χ0) is 14.0. The molecule has 3 N–H and O–H groups in total. The van der Waals surface area contributed by atoms with E-state index in [1.54, 1.807) is 6.07 Å². The number of carboxylic acids is 1. The zero-order valence-electron chi connectivity index (χ0n) is 9.77. The number of anilines is 1. The Morgan fingerprint density at radius 3 is 2.74 bits per heavy atom. The highest BCUT2D eigenvalue weighted by molar-refractivity contribution is 9.10. The summed E-state index contributed by atoms with van der Waals surface area (Å²) in [4.78, 5) is 34.0. The van der Waals surface area contributed by atoms with Gasteiger partial charge in [0.1, 0.15) is 0 Å². The Hall–Kier alpha value is -1.89. The van der Waals surface area contributed by atoms with Crippen LogP contribution in [0.2, 0.25) is 0 Å². The van der Waals surface area contributed by atoms with Gasteiger partial charge >= 0.3 is 5.97 Å². The van der Waals surface area contributed by atoms with Crippen molar-refractivity contribution in [2.24, 2.45) is 5.92 Å². The molecule has 0 aliphatic carbocycles. The fourth-order valence-electron chi connectivity index (χ4n) is 1.83. The van der Waals surface area contributed by atoms with Gasteiger partial charge < -0.3 is 15.7 Å². The Morgan fingerprint density at radius 1 is 1.42 bits per heavy atom. The molecule has 1 aromatic rings. The molecule has 1 aliphatic rings. The minimum atomic E-state index is -1.12. The molecular formula is C12H11BrN2O4. The van der Waals surface area contributed by atoms with Crippen molar-refractivity contribution in [1.29, 1.82) is 0 Å². The van der Waals surface area contributed by atoms with Crippen LogP contribution < -0.4 is 10.6 Å². The van der Waals surface area contributed by atoms with E-state index in [4.69, 9.17) is 5.11 Å². The fourth-order valence-corrected chi connectivity index (χ4v) is 2.19. The maximum Gasteiger partial charge on any atom is 0.337 e. The van der Waals surface area contributed by atoms with Gasteiger partial charge in [0.15, 0.2) is 0 Å². The van der Waals surface area contributed by atoms with Crippen LogP contribution in [0.4, 0.5) is 5.69 Å². The van der Waals surface area contributed by atoms with Crippen LogP contribution in [0.15, 0.2) is 22.7 Å². The molecule has 1 unspecified atom stereocenters. The molecule has 0 bridgehead atoms. The number of aromatic carboxylic acids is 1. The summed E-state index contributed by atoms with van der Waals surface area (Å²) in [6, 6.07) is 4.51. The van der Waals surface area contributed by atoms with Gasteiger partial charge in [-0.3, -0.25) is 9.59 Å². The summed E-state index contributed by atoms with van der Waals surface area (Å²) >= 11 is 3.22. The number of halogens is 1. The molecule has 1 saturated heterocycles. The summed E-state index contributed by atoms with van der Waals surface area (Å²) in [7, 11) is 0. The summed E-state index contributed by atoms with van der Waals surface area (Å²) in [6.45, 7) is 0.279. The fraction of sp³-hybridized carbons (Fsp3) is 0.250. The average Bonchev–Trinajstić information content (AvgIpc) is 2.75. The van der Waals surface area contributed by atoms with Crippen LogP contribution in [-0.4, -0.2) is 29.4 Å². The quantitative estimate of drug-likeness (QED) is 0.778. The lowest BCUT2D eigenvalue weighted by Gasteiger charge is -2.11. The van der Waals surface area contributed by atoms with E-state index in [0.29, 0.717) is 4.47 Å². The van der Waals surface area contributed by atoms with E-state index < -0.39 is 11.9 Å². The zero-order valence-corrected chi connectivity index (χ0v) is 11.4. The summed E-state index contributed by atoms with van der Waals surface area (Å²) in [5.41, 5.74) is 0.222. The van der Waals surface area contributed by atoms with E-state index in [-0.39, 0.29) is 36.0 Å². The molecule has 6 nitrogen and oxygen atoms in total. The molecule has 0 aromatic heterocycles. The van der Waals surface area contributed by atoms with Crippen LogP contribution in [0.25, 0.3) is 0 Å². The van der Waals surface area contributed by atoms with Crippen LogP contribution >= 0.6 is 15.9 Å². The number of carboxylic acid groups (broad SMARTS) is 1. The molecule has 0 radical (unpaired) electrons. The number of benzene rings is 1. The molecule has 1 fully saturated rings. The van der Waals surface area contributed by atoms with Gasteiger partial charge in [0.25, 0.3) is 0 Å². The van der Waals surface area contributed by atoms with Crippen LogP contribution in [-0.2, 0) is 9.59 Å². The number of hydrogen-bond acceptors (Lipinski definition) is 3. The summed E-state index contributed by atoms with van der Waals surface area (Å²) < 4.78 is 0.661. The van der Waals surface area contributed by atoms with Crippen molar-refractivity contribution in [3.05, 3.63) is 28.2 Å². The lowest BCUT2D eigenvalue weighted by Crippen LogP contribution is -2.25. The highest BCUT2D eigenvalue weighted by atomic mass is 79.9. The highest BCUT2D eigenvalue weighted by Crippen LogP contribution is 2.23. The Kier molecular flexibility index (Phi) is 3.84. The Labute approximate surface area is 117 Å². The SMILES string of the molecule is O=C1CC(C(=O)Nc2cc(Br)ccc2C(=O)O)CN1. The molecule has 1 atom stereocenters. The lowest BCUT2D eigenvalue weighted by molar-refractivity contribution is -0.123. The first-order valence-electron chi connectivity index (χ1n) is 5.58. The van der Waals surface area contributed by atoms with E-state index in [1.165, 1.54) is 12.1 Å². The van der Waals surface area contributed by atoms with Crippen molar-refractivity contribution in [3.63, 3.8) is 0 Å². The van der Waals surface area contributed by atoms with Gasteiger partial charge in [0, 0.05) is 17.4 Å². The molecular weight excluding hydrogens is 316 g/mol. The molecule has 0 saturated carbocycles. The number of hydrogen-bond donors (Lipinski definition) is 3. The van der Waals surface area contributed by atoms with E-state index in [0.717, 1.165) is 0 Å². The third-order valence-electron chi connectivity index (χ3n) is 2.82.